The molecule has 1 fully saturated rings. The predicted octanol–water partition coefficient (Wildman–Crippen LogP) is 1.71. The second-order valence-corrected chi connectivity index (χ2v) is 4.44. The normalized spacial score (nSPS) is 19.1. The maximum Gasteiger partial charge on any atom is 0.137 e. The number of piperidine rings is 1. The summed E-state index contributed by atoms with van der Waals surface area (Å²) in [7, 11) is 0. The van der Waals surface area contributed by atoms with Gasteiger partial charge in [0.15, 0.2) is 0 Å². The highest BCUT2D eigenvalue weighted by atomic mass is 32.1. The monoisotopic (exact) mass is 197 g/mol. The molecule has 0 saturated carbocycles. The summed E-state index contributed by atoms with van der Waals surface area (Å²) < 4.78 is 4.07. The molecule has 2 N–H and O–H groups in total. The van der Waals surface area contributed by atoms with E-state index < -0.39 is 0 Å². The molecule has 1 aliphatic heterocycles. The van der Waals surface area contributed by atoms with Gasteiger partial charge in [0.05, 0.1) is 0 Å². The molecule has 1 saturated heterocycles. The maximum absolute atomic E-state index is 5.56. The van der Waals surface area contributed by atoms with Gasteiger partial charge in [-0.3, -0.25) is 4.90 Å². The van der Waals surface area contributed by atoms with E-state index >= 15 is 0 Å². The van der Waals surface area contributed by atoms with Crippen LogP contribution in [0.15, 0.2) is 6.07 Å². The molecular weight excluding hydrogens is 182 g/mol. The van der Waals surface area contributed by atoms with E-state index in [-0.39, 0.29) is 0 Å². The van der Waals surface area contributed by atoms with Crippen LogP contribution in [0.1, 0.15) is 24.1 Å². The maximum atomic E-state index is 5.56. The average Bonchev–Trinajstić information content (AvgIpc) is 2.53. The molecule has 2 heterocycles. The molecule has 2 rings (SSSR count). The minimum atomic E-state index is 0.664. The van der Waals surface area contributed by atoms with Crippen LogP contribution in [0.5, 0.6) is 0 Å². The van der Waals surface area contributed by atoms with Crippen LogP contribution >= 0.6 is 11.5 Å². The molecule has 0 radical (unpaired) electrons. The quantitative estimate of drug-likeness (QED) is 0.785. The van der Waals surface area contributed by atoms with Crippen molar-refractivity contribution in [1.29, 1.82) is 0 Å². The highest BCUT2D eigenvalue weighted by molar-refractivity contribution is 7.06. The van der Waals surface area contributed by atoms with Crippen LogP contribution in [0.2, 0.25) is 0 Å². The Morgan fingerprint density at radius 1 is 1.38 bits per heavy atom. The zero-order chi connectivity index (χ0) is 9.10. The molecule has 1 aromatic rings. The number of rotatable bonds is 2. The Balaban J connectivity index is 1.89. The minimum Gasteiger partial charge on any atom is -0.383 e. The van der Waals surface area contributed by atoms with E-state index in [1.165, 1.54) is 48.8 Å². The Morgan fingerprint density at radius 2 is 2.15 bits per heavy atom. The summed E-state index contributed by atoms with van der Waals surface area (Å²) >= 11 is 1.53. The van der Waals surface area contributed by atoms with E-state index in [1.807, 2.05) is 6.07 Å². The van der Waals surface area contributed by atoms with Gasteiger partial charge in [0, 0.05) is 11.4 Å². The lowest BCUT2D eigenvalue weighted by atomic mass is 10.1. The summed E-state index contributed by atoms with van der Waals surface area (Å²) in [6, 6.07) is 1.99. The highest BCUT2D eigenvalue weighted by Gasteiger charge is 2.11. The number of anilines is 1. The number of nitrogens with two attached hydrogens (primary N) is 1. The summed E-state index contributed by atoms with van der Waals surface area (Å²) in [6.45, 7) is 3.50. The molecule has 0 bridgehead atoms. The van der Waals surface area contributed by atoms with Gasteiger partial charge in [0.1, 0.15) is 5.82 Å². The Morgan fingerprint density at radius 3 is 2.77 bits per heavy atom. The van der Waals surface area contributed by atoms with Crippen molar-refractivity contribution in [3.63, 3.8) is 0 Å². The smallest absolute Gasteiger partial charge is 0.137 e. The third kappa shape index (κ3) is 2.42. The Bertz CT molecular complexity index is 266. The molecule has 13 heavy (non-hydrogen) atoms. The lowest BCUT2D eigenvalue weighted by Gasteiger charge is -2.25. The highest BCUT2D eigenvalue weighted by Crippen LogP contribution is 2.17. The standard InChI is InChI=1S/C9H15N3S/c10-9-6-8(13-11-9)7-12-4-2-1-3-5-12/h6H,1-5,7H2,(H2,10,11). The van der Waals surface area contributed by atoms with Gasteiger partial charge in [-0.05, 0) is 43.5 Å². The lowest BCUT2D eigenvalue weighted by Crippen LogP contribution is -2.28. The first kappa shape index (κ1) is 8.97. The fourth-order valence-electron chi connectivity index (χ4n) is 1.74. The number of nitrogen functional groups attached to an aromatic ring is 1. The Kier molecular flexibility index (Phi) is 2.80. The van der Waals surface area contributed by atoms with Gasteiger partial charge in [0.25, 0.3) is 0 Å². The van der Waals surface area contributed by atoms with Crippen LogP contribution < -0.4 is 5.73 Å². The van der Waals surface area contributed by atoms with Gasteiger partial charge in [-0.1, -0.05) is 6.42 Å². The van der Waals surface area contributed by atoms with Gasteiger partial charge in [-0.25, -0.2) is 0 Å². The van der Waals surface area contributed by atoms with Crippen LogP contribution in [-0.4, -0.2) is 22.4 Å². The Labute approximate surface area is 82.7 Å². The van der Waals surface area contributed by atoms with Crippen molar-refractivity contribution in [3.8, 4) is 0 Å². The molecule has 1 aromatic heterocycles. The number of likely N-dealkylation sites (tertiary alicyclic amines) is 1. The van der Waals surface area contributed by atoms with E-state index in [0.29, 0.717) is 5.82 Å². The topological polar surface area (TPSA) is 42.1 Å². The molecule has 3 nitrogen and oxygen atoms in total. The van der Waals surface area contributed by atoms with Crippen molar-refractivity contribution < 1.29 is 0 Å². The van der Waals surface area contributed by atoms with E-state index in [2.05, 4.69) is 9.27 Å². The largest absolute Gasteiger partial charge is 0.383 e. The molecule has 1 aliphatic rings. The van der Waals surface area contributed by atoms with Crippen molar-refractivity contribution in [2.24, 2.45) is 0 Å². The first-order valence-corrected chi connectivity index (χ1v) is 5.55. The SMILES string of the molecule is Nc1cc(CN2CCCCC2)sn1. The van der Waals surface area contributed by atoms with E-state index in [4.69, 9.17) is 5.73 Å². The van der Waals surface area contributed by atoms with Crippen molar-refractivity contribution in [2.75, 3.05) is 18.8 Å². The van der Waals surface area contributed by atoms with Crippen molar-refractivity contribution >= 4 is 17.4 Å². The molecular formula is C9H15N3S. The molecule has 0 unspecified atom stereocenters. The minimum absolute atomic E-state index is 0.664. The van der Waals surface area contributed by atoms with E-state index in [0.717, 1.165) is 6.54 Å². The van der Waals surface area contributed by atoms with Crippen LogP contribution in [0.3, 0.4) is 0 Å². The molecule has 4 heteroatoms. The number of aromatic nitrogens is 1. The zero-order valence-corrected chi connectivity index (χ0v) is 8.52. The van der Waals surface area contributed by atoms with Gasteiger partial charge in [0.2, 0.25) is 0 Å². The fourth-order valence-corrected chi connectivity index (χ4v) is 2.43. The summed E-state index contributed by atoms with van der Waals surface area (Å²) in [5.74, 6) is 0.664. The fraction of sp³-hybridized carbons (Fsp3) is 0.667. The van der Waals surface area contributed by atoms with Crippen LogP contribution in [0.25, 0.3) is 0 Å². The number of hydrogen-bond donors (Lipinski definition) is 1. The molecule has 0 aliphatic carbocycles. The second kappa shape index (κ2) is 4.07. The molecule has 0 atom stereocenters. The third-order valence-corrected chi connectivity index (χ3v) is 3.19. The summed E-state index contributed by atoms with van der Waals surface area (Å²) in [4.78, 5) is 3.77. The van der Waals surface area contributed by atoms with Crippen LogP contribution in [0.4, 0.5) is 5.82 Å². The average molecular weight is 197 g/mol. The summed E-state index contributed by atoms with van der Waals surface area (Å²) in [5, 5.41) is 0. The van der Waals surface area contributed by atoms with Crippen molar-refractivity contribution in [1.82, 2.24) is 9.27 Å². The van der Waals surface area contributed by atoms with Crippen molar-refractivity contribution in [2.45, 2.75) is 25.8 Å². The van der Waals surface area contributed by atoms with Gasteiger partial charge < -0.3 is 5.73 Å². The summed E-state index contributed by atoms with van der Waals surface area (Å²) in [6.07, 6.45) is 4.07. The van der Waals surface area contributed by atoms with Crippen LogP contribution in [-0.2, 0) is 6.54 Å². The predicted molar refractivity (Wildman–Crippen MR) is 55.7 cm³/mol. The number of nitrogens with zero attached hydrogens (tertiary/aromatic N) is 2. The Hall–Kier alpha value is -0.610. The molecule has 0 aromatic carbocycles. The lowest BCUT2D eigenvalue weighted by molar-refractivity contribution is 0.222. The van der Waals surface area contributed by atoms with Crippen LogP contribution in [0, 0.1) is 0 Å². The first-order chi connectivity index (χ1) is 6.34. The molecule has 0 amide bonds. The van der Waals surface area contributed by atoms with Gasteiger partial charge in [-0.15, -0.1) is 0 Å². The van der Waals surface area contributed by atoms with E-state index in [1.54, 1.807) is 0 Å². The molecule has 72 valence electrons. The molecule has 0 spiro atoms. The van der Waals surface area contributed by atoms with Crippen molar-refractivity contribution in [3.05, 3.63) is 10.9 Å². The third-order valence-electron chi connectivity index (χ3n) is 2.41. The van der Waals surface area contributed by atoms with Gasteiger partial charge in [-0.2, -0.15) is 4.37 Å². The van der Waals surface area contributed by atoms with E-state index in [9.17, 15) is 0 Å². The summed E-state index contributed by atoms with van der Waals surface area (Å²) in [5.41, 5.74) is 5.56. The second-order valence-electron chi connectivity index (χ2n) is 3.55. The van der Waals surface area contributed by atoms with Gasteiger partial charge >= 0.3 is 0 Å². The first-order valence-electron chi connectivity index (χ1n) is 4.78. The zero-order valence-electron chi connectivity index (χ0n) is 7.70. The number of hydrogen-bond acceptors (Lipinski definition) is 4.